The molecule has 8 nitrogen and oxygen atoms in total. The molecular formula is C17H27N7O. The lowest BCUT2D eigenvalue weighted by Gasteiger charge is -2.40. The number of carbonyl (C=O) groups is 1. The van der Waals surface area contributed by atoms with Crippen LogP contribution in [0.1, 0.15) is 43.8 Å². The highest BCUT2D eigenvalue weighted by molar-refractivity contribution is 5.81. The molecule has 4 rings (SSSR count). The molecular weight excluding hydrogens is 318 g/mol. The van der Waals surface area contributed by atoms with Gasteiger partial charge in [0, 0.05) is 51.5 Å². The predicted octanol–water partition coefficient (Wildman–Crippen LogP) is 0.292. The lowest BCUT2D eigenvalue weighted by Crippen LogP contribution is -2.51. The van der Waals surface area contributed by atoms with Crippen LogP contribution >= 0.6 is 0 Å². The lowest BCUT2D eigenvalue weighted by atomic mass is 9.79. The van der Waals surface area contributed by atoms with Crippen molar-refractivity contribution >= 4 is 11.9 Å². The predicted molar refractivity (Wildman–Crippen MR) is 94.0 cm³/mol. The maximum absolute atomic E-state index is 11.7. The Labute approximate surface area is 148 Å². The van der Waals surface area contributed by atoms with Crippen molar-refractivity contribution in [1.29, 1.82) is 0 Å². The number of hydrogen-bond acceptors (Lipinski definition) is 4. The van der Waals surface area contributed by atoms with Crippen LogP contribution in [0.3, 0.4) is 0 Å². The molecule has 4 heterocycles. The fourth-order valence-corrected chi connectivity index (χ4v) is 4.42. The summed E-state index contributed by atoms with van der Waals surface area (Å²) < 4.78 is 2.24. The smallest absolute Gasteiger partial charge is 0.220 e. The third kappa shape index (κ3) is 3.21. The SMILES string of the molecule is CN=C(NCc1nnc2n1CCCC2)N1CCCC2(CNC(=O)C2)C1. The number of rotatable bonds is 2. The van der Waals surface area contributed by atoms with Gasteiger partial charge in [-0.2, -0.15) is 0 Å². The summed E-state index contributed by atoms with van der Waals surface area (Å²) in [6, 6.07) is 0. The molecule has 1 atom stereocenters. The molecule has 3 aliphatic rings. The van der Waals surface area contributed by atoms with E-state index >= 15 is 0 Å². The molecule has 2 saturated heterocycles. The highest BCUT2D eigenvalue weighted by atomic mass is 16.1. The number of fused-ring (bicyclic) bond motifs is 1. The molecule has 3 aliphatic heterocycles. The van der Waals surface area contributed by atoms with Crippen LogP contribution in [0.5, 0.6) is 0 Å². The zero-order valence-corrected chi connectivity index (χ0v) is 14.9. The van der Waals surface area contributed by atoms with Crippen molar-refractivity contribution in [1.82, 2.24) is 30.3 Å². The number of nitrogens with zero attached hydrogens (tertiary/aromatic N) is 5. The van der Waals surface area contributed by atoms with Gasteiger partial charge in [0.25, 0.3) is 0 Å². The second-order valence-electron chi connectivity index (χ2n) is 7.52. The number of piperidine rings is 1. The first-order valence-electron chi connectivity index (χ1n) is 9.32. The Bertz CT molecular complexity index is 683. The van der Waals surface area contributed by atoms with Gasteiger partial charge in [0.1, 0.15) is 5.82 Å². The number of likely N-dealkylation sites (tertiary alicyclic amines) is 1. The first-order valence-corrected chi connectivity index (χ1v) is 9.32. The van der Waals surface area contributed by atoms with E-state index in [2.05, 4.69) is 35.3 Å². The molecule has 0 saturated carbocycles. The minimum Gasteiger partial charge on any atom is -0.355 e. The molecule has 0 aliphatic carbocycles. The summed E-state index contributed by atoms with van der Waals surface area (Å²) in [5, 5.41) is 15.1. The van der Waals surface area contributed by atoms with Crippen LogP contribution in [0, 0.1) is 5.41 Å². The van der Waals surface area contributed by atoms with Crippen LogP contribution in [0.2, 0.25) is 0 Å². The maximum atomic E-state index is 11.7. The van der Waals surface area contributed by atoms with Crippen LogP contribution in [0.25, 0.3) is 0 Å². The van der Waals surface area contributed by atoms with E-state index in [0.29, 0.717) is 13.0 Å². The number of hydrogen-bond donors (Lipinski definition) is 2. The molecule has 1 aromatic rings. The van der Waals surface area contributed by atoms with Crippen LogP contribution in [0.4, 0.5) is 0 Å². The van der Waals surface area contributed by atoms with Gasteiger partial charge in [-0.15, -0.1) is 10.2 Å². The van der Waals surface area contributed by atoms with Gasteiger partial charge in [0.2, 0.25) is 5.91 Å². The van der Waals surface area contributed by atoms with Gasteiger partial charge in [-0.05, 0) is 25.7 Å². The van der Waals surface area contributed by atoms with Crippen LogP contribution < -0.4 is 10.6 Å². The van der Waals surface area contributed by atoms with E-state index in [1.165, 1.54) is 12.8 Å². The van der Waals surface area contributed by atoms with Crippen molar-refractivity contribution in [2.24, 2.45) is 10.4 Å². The Morgan fingerprint density at radius 3 is 3.04 bits per heavy atom. The highest BCUT2D eigenvalue weighted by Crippen LogP contribution is 2.36. The standard InChI is InChI=1S/C17H27N7O/c1-18-16(19-10-14-22-21-13-5-2-3-8-24(13)14)23-7-4-6-17(12-23)9-15(25)20-11-17/h2-12H2,1H3,(H,18,19)(H,20,25). The Morgan fingerprint density at radius 2 is 2.24 bits per heavy atom. The number of aryl methyl sites for hydroxylation is 1. The molecule has 0 radical (unpaired) electrons. The first kappa shape index (κ1) is 16.4. The van der Waals surface area contributed by atoms with Gasteiger partial charge >= 0.3 is 0 Å². The first-order chi connectivity index (χ1) is 12.2. The van der Waals surface area contributed by atoms with Crippen LogP contribution in [-0.4, -0.2) is 58.2 Å². The fourth-order valence-electron chi connectivity index (χ4n) is 4.42. The van der Waals surface area contributed by atoms with Gasteiger partial charge in [0.05, 0.1) is 6.54 Å². The molecule has 1 amide bonds. The zero-order valence-electron chi connectivity index (χ0n) is 14.9. The minimum absolute atomic E-state index is 0.0704. The molecule has 136 valence electrons. The molecule has 0 bridgehead atoms. The Hall–Kier alpha value is -2.12. The lowest BCUT2D eigenvalue weighted by molar-refractivity contribution is -0.119. The van der Waals surface area contributed by atoms with Crippen molar-refractivity contribution in [2.45, 2.75) is 51.6 Å². The van der Waals surface area contributed by atoms with E-state index in [1.807, 2.05) is 7.05 Å². The average Bonchev–Trinajstić information content (AvgIpc) is 3.20. The average molecular weight is 345 g/mol. The van der Waals surface area contributed by atoms with E-state index in [-0.39, 0.29) is 11.3 Å². The number of nitrogens with one attached hydrogen (secondary N) is 2. The van der Waals surface area contributed by atoms with Gasteiger partial charge in [-0.3, -0.25) is 9.79 Å². The third-order valence-corrected chi connectivity index (χ3v) is 5.71. The largest absolute Gasteiger partial charge is 0.355 e. The monoisotopic (exact) mass is 345 g/mol. The molecule has 25 heavy (non-hydrogen) atoms. The molecule has 1 aromatic heterocycles. The summed E-state index contributed by atoms with van der Waals surface area (Å²) in [6.45, 7) is 4.30. The summed E-state index contributed by atoms with van der Waals surface area (Å²) in [5.74, 6) is 3.16. The van der Waals surface area contributed by atoms with E-state index in [9.17, 15) is 4.79 Å². The Balaban J connectivity index is 1.41. The summed E-state index contributed by atoms with van der Waals surface area (Å²) in [7, 11) is 1.82. The van der Waals surface area contributed by atoms with Crippen LogP contribution in [-0.2, 0) is 24.3 Å². The third-order valence-electron chi connectivity index (χ3n) is 5.71. The second kappa shape index (κ2) is 6.65. The van der Waals surface area contributed by atoms with E-state index in [1.54, 1.807) is 0 Å². The summed E-state index contributed by atoms with van der Waals surface area (Å²) in [4.78, 5) is 18.4. The molecule has 0 aromatic carbocycles. The van der Waals surface area contributed by atoms with Crippen molar-refractivity contribution in [2.75, 3.05) is 26.7 Å². The van der Waals surface area contributed by atoms with Gasteiger partial charge < -0.3 is 20.1 Å². The number of aliphatic imine (C=N–C) groups is 1. The fraction of sp³-hybridized carbons (Fsp3) is 0.765. The molecule has 1 unspecified atom stereocenters. The minimum atomic E-state index is 0.0704. The number of aromatic nitrogens is 3. The number of carbonyl (C=O) groups excluding carboxylic acids is 1. The van der Waals surface area contributed by atoms with Gasteiger partial charge in [-0.1, -0.05) is 0 Å². The van der Waals surface area contributed by atoms with Crippen molar-refractivity contribution in [3.05, 3.63) is 11.6 Å². The Morgan fingerprint density at radius 1 is 1.32 bits per heavy atom. The van der Waals surface area contributed by atoms with Crippen LogP contribution in [0.15, 0.2) is 4.99 Å². The maximum Gasteiger partial charge on any atom is 0.220 e. The molecule has 2 N–H and O–H groups in total. The van der Waals surface area contributed by atoms with Crippen molar-refractivity contribution in [3.63, 3.8) is 0 Å². The zero-order chi connectivity index (χ0) is 17.3. The van der Waals surface area contributed by atoms with E-state index in [0.717, 1.165) is 63.0 Å². The number of guanidine groups is 1. The van der Waals surface area contributed by atoms with Gasteiger partial charge in [-0.25, -0.2) is 0 Å². The van der Waals surface area contributed by atoms with Crippen molar-refractivity contribution in [3.8, 4) is 0 Å². The van der Waals surface area contributed by atoms with Gasteiger partial charge in [0.15, 0.2) is 11.8 Å². The molecule has 1 spiro atoms. The highest BCUT2D eigenvalue weighted by Gasteiger charge is 2.42. The summed E-state index contributed by atoms with van der Waals surface area (Å²) >= 11 is 0. The number of amides is 1. The van der Waals surface area contributed by atoms with E-state index in [4.69, 9.17) is 0 Å². The second-order valence-corrected chi connectivity index (χ2v) is 7.52. The molecule has 2 fully saturated rings. The summed E-state index contributed by atoms with van der Waals surface area (Å²) in [6.07, 6.45) is 6.26. The quantitative estimate of drug-likeness (QED) is 0.594. The summed E-state index contributed by atoms with van der Waals surface area (Å²) in [5.41, 5.74) is 0.0704. The Kier molecular flexibility index (Phi) is 4.35. The normalized spacial score (nSPS) is 26.7. The molecule has 8 heteroatoms. The van der Waals surface area contributed by atoms with E-state index < -0.39 is 0 Å². The van der Waals surface area contributed by atoms with Crippen molar-refractivity contribution < 1.29 is 4.79 Å². The topological polar surface area (TPSA) is 87.4 Å².